The van der Waals surface area contributed by atoms with Crippen molar-refractivity contribution in [1.82, 2.24) is 5.32 Å². The predicted octanol–water partition coefficient (Wildman–Crippen LogP) is 2.29. The van der Waals surface area contributed by atoms with Gasteiger partial charge in [-0.15, -0.1) is 0 Å². The molecule has 2 N–H and O–H groups in total. The van der Waals surface area contributed by atoms with Gasteiger partial charge in [-0.3, -0.25) is 4.79 Å². The summed E-state index contributed by atoms with van der Waals surface area (Å²) in [6.45, 7) is 2.87. The van der Waals surface area contributed by atoms with Gasteiger partial charge in [0.15, 0.2) is 0 Å². The number of hydrogen-bond acceptors (Lipinski definition) is 2. The quantitative estimate of drug-likeness (QED) is 0.850. The summed E-state index contributed by atoms with van der Waals surface area (Å²) in [6, 6.07) is 2.80. The first-order chi connectivity index (χ1) is 8.56. The fraction of sp³-hybridized carbons (Fsp3) is 0.462. The third-order valence-electron chi connectivity index (χ3n) is 3.17. The van der Waals surface area contributed by atoms with Gasteiger partial charge in [-0.05, 0) is 37.4 Å². The summed E-state index contributed by atoms with van der Waals surface area (Å²) in [5.41, 5.74) is 0.0152. The third-order valence-corrected chi connectivity index (χ3v) is 3.17. The van der Waals surface area contributed by atoms with Crippen LogP contribution in [0.25, 0.3) is 0 Å². The van der Waals surface area contributed by atoms with Crippen molar-refractivity contribution in [2.75, 3.05) is 11.9 Å². The zero-order chi connectivity index (χ0) is 13.1. The summed E-state index contributed by atoms with van der Waals surface area (Å²) in [6.07, 6.45) is 1.77. The van der Waals surface area contributed by atoms with Crippen molar-refractivity contribution in [1.29, 1.82) is 0 Å². The zero-order valence-corrected chi connectivity index (χ0v) is 10.2. The molecule has 2 unspecified atom stereocenters. The molecule has 0 aliphatic carbocycles. The lowest BCUT2D eigenvalue weighted by Crippen LogP contribution is -2.45. The maximum Gasteiger partial charge on any atom is 0.241 e. The van der Waals surface area contributed by atoms with E-state index in [1.54, 1.807) is 0 Å². The van der Waals surface area contributed by atoms with Crippen molar-refractivity contribution in [2.24, 2.45) is 5.92 Å². The van der Waals surface area contributed by atoms with Gasteiger partial charge in [-0.25, -0.2) is 8.78 Å². The molecule has 1 saturated heterocycles. The van der Waals surface area contributed by atoms with E-state index in [9.17, 15) is 13.6 Å². The number of rotatable bonds is 2. The molecule has 1 aliphatic rings. The Morgan fingerprint density at radius 3 is 2.89 bits per heavy atom. The van der Waals surface area contributed by atoms with E-state index in [1.807, 2.05) is 0 Å². The molecule has 1 amide bonds. The number of piperidine rings is 1. The number of benzene rings is 1. The molecule has 0 saturated carbocycles. The van der Waals surface area contributed by atoms with Crippen LogP contribution in [0.3, 0.4) is 0 Å². The minimum absolute atomic E-state index is 0.0152. The Labute approximate surface area is 105 Å². The van der Waals surface area contributed by atoms with Crippen molar-refractivity contribution in [3.63, 3.8) is 0 Å². The van der Waals surface area contributed by atoms with E-state index in [4.69, 9.17) is 0 Å². The minimum Gasteiger partial charge on any atom is -0.322 e. The van der Waals surface area contributed by atoms with E-state index in [2.05, 4.69) is 17.6 Å². The maximum atomic E-state index is 13.4. The molecule has 2 rings (SSSR count). The molecule has 1 aliphatic heterocycles. The molecule has 98 valence electrons. The van der Waals surface area contributed by atoms with Crippen LogP contribution in [0, 0.1) is 17.6 Å². The van der Waals surface area contributed by atoms with Crippen LogP contribution >= 0.6 is 0 Å². The number of amides is 1. The first kappa shape index (κ1) is 13.0. The second-order valence-electron chi connectivity index (χ2n) is 4.75. The first-order valence-corrected chi connectivity index (χ1v) is 6.05. The smallest absolute Gasteiger partial charge is 0.241 e. The van der Waals surface area contributed by atoms with Gasteiger partial charge in [-0.2, -0.15) is 0 Å². The molecule has 0 radical (unpaired) electrons. The predicted molar refractivity (Wildman–Crippen MR) is 65.2 cm³/mol. The lowest BCUT2D eigenvalue weighted by atomic mass is 9.94. The molecule has 1 heterocycles. The van der Waals surface area contributed by atoms with E-state index in [1.165, 1.54) is 6.07 Å². The highest BCUT2D eigenvalue weighted by atomic mass is 19.1. The first-order valence-electron chi connectivity index (χ1n) is 6.05. The molecule has 1 fully saturated rings. The minimum atomic E-state index is -0.757. The number of nitrogens with one attached hydrogen (secondary N) is 2. The molecule has 1 aromatic rings. The van der Waals surface area contributed by atoms with Crippen LogP contribution in [-0.2, 0) is 4.79 Å². The molecular weight excluding hydrogens is 238 g/mol. The Kier molecular flexibility index (Phi) is 3.91. The Morgan fingerprint density at radius 1 is 1.44 bits per heavy atom. The molecular formula is C13H16F2N2O. The van der Waals surface area contributed by atoms with Gasteiger partial charge in [0, 0.05) is 6.07 Å². The van der Waals surface area contributed by atoms with Gasteiger partial charge in [0.1, 0.15) is 11.6 Å². The molecule has 0 bridgehead atoms. The highest BCUT2D eigenvalue weighted by Crippen LogP contribution is 2.18. The Balaban J connectivity index is 2.02. The molecule has 3 nitrogen and oxygen atoms in total. The van der Waals surface area contributed by atoms with Gasteiger partial charge in [0.25, 0.3) is 0 Å². The molecule has 2 atom stereocenters. The summed E-state index contributed by atoms with van der Waals surface area (Å²) in [5.74, 6) is -1.21. The summed E-state index contributed by atoms with van der Waals surface area (Å²) >= 11 is 0. The fourth-order valence-corrected chi connectivity index (χ4v) is 2.12. The molecule has 5 heteroatoms. The van der Waals surface area contributed by atoms with Crippen LogP contribution in [0.2, 0.25) is 0 Å². The molecule has 0 spiro atoms. The topological polar surface area (TPSA) is 41.1 Å². The number of carbonyl (C=O) groups excluding carboxylic acids is 1. The number of halogens is 2. The Hall–Kier alpha value is -1.49. The summed E-state index contributed by atoms with van der Waals surface area (Å²) in [5, 5.41) is 5.58. The van der Waals surface area contributed by atoms with Crippen LogP contribution in [0.4, 0.5) is 14.5 Å². The average Bonchev–Trinajstić information content (AvgIpc) is 2.32. The van der Waals surface area contributed by atoms with Crippen LogP contribution < -0.4 is 10.6 Å². The average molecular weight is 254 g/mol. The van der Waals surface area contributed by atoms with Gasteiger partial charge in [0.2, 0.25) is 5.91 Å². The summed E-state index contributed by atoms with van der Waals surface area (Å²) < 4.78 is 26.1. The SMILES string of the molecule is CC1CCNC(C(=O)Nc2ccc(F)cc2F)C1. The largest absolute Gasteiger partial charge is 0.322 e. The van der Waals surface area contributed by atoms with Gasteiger partial charge in [-0.1, -0.05) is 6.92 Å². The highest BCUT2D eigenvalue weighted by molar-refractivity contribution is 5.95. The maximum absolute atomic E-state index is 13.4. The standard InChI is InChI=1S/C13H16F2N2O/c1-8-4-5-16-12(6-8)13(18)17-11-3-2-9(14)7-10(11)15/h2-3,7-8,12,16H,4-6H2,1H3,(H,17,18). The lowest BCUT2D eigenvalue weighted by Gasteiger charge is -2.27. The van der Waals surface area contributed by atoms with Crippen molar-refractivity contribution in [2.45, 2.75) is 25.8 Å². The number of carbonyl (C=O) groups is 1. The van der Waals surface area contributed by atoms with E-state index in [0.717, 1.165) is 31.5 Å². The van der Waals surface area contributed by atoms with E-state index < -0.39 is 11.6 Å². The number of anilines is 1. The monoisotopic (exact) mass is 254 g/mol. The Bertz CT molecular complexity index is 451. The van der Waals surface area contributed by atoms with Gasteiger partial charge in [0.05, 0.1) is 11.7 Å². The van der Waals surface area contributed by atoms with Crippen LogP contribution in [0.15, 0.2) is 18.2 Å². The molecule has 18 heavy (non-hydrogen) atoms. The summed E-state index contributed by atoms with van der Waals surface area (Å²) in [7, 11) is 0. The van der Waals surface area contributed by atoms with E-state index in [-0.39, 0.29) is 17.6 Å². The zero-order valence-electron chi connectivity index (χ0n) is 10.2. The lowest BCUT2D eigenvalue weighted by molar-refractivity contribution is -0.119. The number of hydrogen-bond donors (Lipinski definition) is 2. The summed E-state index contributed by atoms with van der Waals surface area (Å²) in [4.78, 5) is 11.9. The van der Waals surface area contributed by atoms with Crippen molar-refractivity contribution >= 4 is 11.6 Å². The second kappa shape index (κ2) is 5.44. The van der Waals surface area contributed by atoms with Crippen LogP contribution in [-0.4, -0.2) is 18.5 Å². The van der Waals surface area contributed by atoms with E-state index >= 15 is 0 Å². The van der Waals surface area contributed by atoms with Crippen molar-refractivity contribution in [3.8, 4) is 0 Å². The van der Waals surface area contributed by atoms with Crippen LogP contribution in [0.5, 0.6) is 0 Å². The van der Waals surface area contributed by atoms with Crippen molar-refractivity contribution in [3.05, 3.63) is 29.8 Å². The normalized spacial score (nSPS) is 23.7. The second-order valence-corrected chi connectivity index (χ2v) is 4.75. The molecule has 1 aromatic carbocycles. The van der Waals surface area contributed by atoms with Gasteiger partial charge >= 0.3 is 0 Å². The highest BCUT2D eigenvalue weighted by Gasteiger charge is 2.25. The molecule has 0 aromatic heterocycles. The Morgan fingerprint density at radius 2 is 2.22 bits per heavy atom. The van der Waals surface area contributed by atoms with E-state index in [0.29, 0.717) is 5.92 Å². The third kappa shape index (κ3) is 3.04. The van der Waals surface area contributed by atoms with Gasteiger partial charge < -0.3 is 10.6 Å². The van der Waals surface area contributed by atoms with Crippen LogP contribution in [0.1, 0.15) is 19.8 Å². The van der Waals surface area contributed by atoms with Crippen molar-refractivity contribution < 1.29 is 13.6 Å². The fourth-order valence-electron chi connectivity index (χ4n) is 2.12.